The molecule has 0 fully saturated rings. The molecule has 0 spiro atoms. The van der Waals surface area contributed by atoms with Crippen LogP contribution >= 0.6 is 0 Å². The van der Waals surface area contributed by atoms with Gasteiger partial charge in [0.05, 0.1) is 19.0 Å². The van der Waals surface area contributed by atoms with E-state index in [1.165, 1.54) is 0 Å². The first-order chi connectivity index (χ1) is 17.0. The van der Waals surface area contributed by atoms with Crippen molar-refractivity contribution in [3.8, 4) is 0 Å². The number of benzene rings is 1. The molecule has 0 aliphatic carbocycles. The van der Waals surface area contributed by atoms with Gasteiger partial charge in [0.2, 0.25) is 23.6 Å². The third kappa shape index (κ3) is 8.39. The van der Waals surface area contributed by atoms with Crippen LogP contribution in [-0.2, 0) is 35.2 Å². The maximum atomic E-state index is 12.5. The van der Waals surface area contributed by atoms with Crippen molar-refractivity contribution in [1.82, 2.24) is 20.9 Å². The van der Waals surface area contributed by atoms with Crippen molar-refractivity contribution in [3.63, 3.8) is 0 Å². The second kappa shape index (κ2) is 12.9. The molecule has 14 nitrogen and oxygen atoms in total. The molecule has 0 bridgehead atoms. The lowest BCUT2D eigenvalue weighted by Gasteiger charge is -2.20. The molecule has 3 atom stereocenters. The number of rotatable bonds is 14. The summed E-state index contributed by atoms with van der Waals surface area (Å²) in [6.45, 7) is -0.636. The molecule has 0 saturated carbocycles. The van der Waals surface area contributed by atoms with E-state index in [-0.39, 0.29) is 12.8 Å². The van der Waals surface area contributed by atoms with Gasteiger partial charge < -0.3 is 42.6 Å². The predicted molar refractivity (Wildman–Crippen MR) is 125 cm³/mol. The maximum Gasteiger partial charge on any atom is 0.326 e. The summed E-state index contributed by atoms with van der Waals surface area (Å²) < 4.78 is 0. The van der Waals surface area contributed by atoms with Crippen LogP contribution in [0.15, 0.2) is 30.5 Å². The van der Waals surface area contributed by atoms with Crippen molar-refractivity contribution < 1.29 is 39.0 Å². The molecule has 0 radical (unpaired) electrons. The third-order valence-electron chi connectivity index (χ3n) is 5.19. The number of hydrogen-bond donors (Lipinski definition) is 8. The van der Waals surface area contributed by atoms with E-state index in [4.69, 9.17) is 16.6 Å². The van der Waals surface area contributed by atoms with Gasteiger partial charge in [-0.25, -0.2) is 4.79 Å². The molecule has 1 aromatic carbocycles. The number of H-pyrrole nitrogens is 1. The van der Waals surface area contributed by atoms with Gasteiger partial charge in [-0.1, -0.05) is 18.2 Å². The van der Waals surface area contributed by atoms with E-state index in [9.17, 15) is 33.9 Å². The number of aliphatic carboxylic acids is 2. The Kier molecular flexibility index (Phi) is 9.92. The van der Waals surface area contributed by atoms with Crippen LogP contribution in [0.3, 0.4) is 0 Å². The van der Waals surface area contributed by atoms with Crippen molar-refractivity contribution in [2.75, 3.05) is 6.54 Å². The molecule has 0 saturated heterocycles. The zero-order chi connectivity index (χ0) is 26.8. The Morgan fingerprint density at radius 1 is 0.972 bits per heavy atom. The molecule has 2 rings (SSSR count). The molecule has 0 aliphatic rings. The Morgan fingerprint density at radius 3 is 2.31 bits per heavy atom. The molecule has 14 heteroatoms. The Balaban J connectivity index is 1.98. The number of carbonyl (C=O) groups excluding carboxylic acids is 4. The Hall–Kier alpha value is -4.46. The number of para-hydroxylation sites is 1. The molecule has 3 unspecified atom stereocenters. The van der Waals surface area contributed by atoms with E-state index >= 15 is 0 Å². The topological polar surface area (TPSA) is 247 Å². The van der Waals surface area contributed by atoms with Crippen LogP contribution < -0.4 is 27.4 Å². The number of amides is 4. The Bertz CT molecular complexity index is 1150. The minimum atomic E-state index is -1.37. The number of primary amides is 1. The van der Waals surface area contributed by atoms with Crippen LogP contribution in [-0.4, -0.2) is 75.4 Å². The van der Waals surface area contributed by atoms with Crippen LogP contribution in [0.4, 0.5) is 0 Å². The molecule has 10 N–H and O–H groups in total. The summed E-state index contributed by atoms with van der Waals surface area (Å²) in [5.41, 5.74) is 12.0. The number of hydrogen-bond acceptors (Lipinski definition) is 7. The molecule has 0 aliphatic heterocycles. The van der Waals surface area contributed by atoms with Gasteiger partial charge in [0.15, 0.2) is 0 Å². The smallest absolute Gasteiger partial charge is 0.326 e. The second-order valence-electron chi connectivity index (χ2n) is 8.01. The normalized spacial score (nSPS) is 13.2. The number of aromatic amines is 1. The van der Waals surface area contributed by atoms with Crippen LogP contribution in [0.2, 0.25) is 0 Å². The van der Waals surface area contributed by atoms with Gasteiger partial charge in [0, 0.05) is 29.9 Å². The first kappa shape index (κ1) is 27.8. The highest BCUT2D eigenvalue weighted by molar-refractivity contribution is 5.94. The first-order valence-corrected chi connectivity index (χ1v) is 10.9. The Labute approximate surface area is 204 Å². The number of aromatic nitrogens is 1. The minimum Gasteiger partial charge on any atom is -0.481 e. The van der Waals surface area contributed by atoms with Crippen molar-refractivity contribution in [3.05, 3.63) is 36.0 Å². The summed E-state index contributed by atoms with van der Waals surface area (Å²) in [6.07, 6.45) is 0.327. The van der Waals surface area contributed by atoms with Gasteiger partial charge in [0.1, 0.15) is 12.1 Å². The van der Waals surface area contributed by atoms with Crippen molar-refractivity contribution in [2.45, 2.75) is 43.8 Å². The van der Waals surface area contributed by atoms with Gasteiger partial charge in [-0.2, -0.15) is 0 Å². The number of nitrogens with two attached hydrogens (primary N) is 2. The molecule has 194 valence electrons. The summed E-state index contributed by atoms with van der Waals surface area (Å²) in [7, 11) is 0. The second-order valence-corrected chi connectivity index (χ2v) is 8.01. The lowest BCUT2D eigenvalue weighted by Crippen LogP contribution is -2.54. The average Bonchev–Trinajstić information content (AvgIpc) is 3.21. The van der Waals surface area contributed by atoms with Crippen LogP contribution in [0.1, 0.15) is 24.8 Å². The standard InChI is InChI=1S/C22H28N6O8/c23-13(8-17(24)29)20(33)28-15(5-6-19(31)32)21(34)26-10-18(30)27-16(22(35)36)7-11-9-25-14-4-2-1-3-12(11)14/h1-4,9,13,15-16,25H,5-8,10,23H2,(H2,24,29)(H,26,34)(H,27,30)(H,28,33)(H,31,32)(H,35,36). The molecule has 4 amide bonds. The molecule has 36 heavy (non-hydrogen) atoms. The quantitative estimate of drug-likeness (QED) is 0.141. The number of carbonyl (C=O) groups is 6. The number of carboxylic acid groups (broad SMARTS) is 2. The lowest BCUT2D eigenvalue weighted by atomic mass is 10.0. The summed E-state index contributed by atoms with van der Waals surface area (Å²) in [6, 6.07) is 3.23. The highest BCUT2D eigenvalue weighted by atomic mass is 16.4. The summed E-state index contributed by atoms with van der Waals surface area (Å²) in [4.78, 5) is 73.5. The fraction of sp³-hybridized carbons (Fsp3) is 0.364. The van der Waals surface area contributed by atoms with E-state index in [2.05, 4.69) is 20.9 Å². The van der Waals surface area contributed by atoms with E-state index in [0.717, 1.165) is 10.9 Å². The van der Waals surface area contributed by atoms with Gasteiger partial charge in [-0.15, -0.1) is 0 Å². The van der Waals surface area contributed by atoms with E-state index in [1.807, 2.05) is 18.2 Å². The van der Waals surface area contributed by atoms with Crippen LogP contribution in [0, 0.1) is 0 Å². The number of carboxylic acids is 2. The minimum absolute atomic E-state index is 0.0198. The van der Waals surface area contributed by atoms with Gasteiger partial charge in [-0.05, 0) is 18.1 Å². The van der Waals surface area contributed by atoms with Gasteiger partial charge in [0.25, 0.3) is 0 Å². The lowest BCUT2D eigenvalue weighted by molar-refractivity contribution is -0.141. The van der Waals surface area contributed by atoms with Gasteiger partial charge in [-0.3, -0.25) is 24.0 Å². The van der Waals surface area contributed by atoms with Crippen molar-refractivity contribution in [2.24, 2.45) is 11.5 Å². The van der Waals surface area contributed by atoms with Crippen molar-refractivity contribution >= 4 is 46.5 Å². The Morgan fingerprint density at radius 2 is 1.67 bits per heavy atom. The zero-order valence-corrected chi connectivity index (χ0v) is 19.2. The third-order valence-corrected chi connectivity index (χ3v) is 5.19. The van der Waals surface area contributed by atoms with Crippen LogP contribution in [0.25, 0.3) is 10.9 Å². The number of nitrogens with one attached hydrogen (secondary N) is 4. The zero-order valence-electron chi connectivity index (χ0n) is 19.2. The monoisotopic (exact) mass is 504 g/mol. The van der Waals surface area contributed by atoms with E-state index < -0.39 is 73.1 Å². The molecular formula is C22H28N6O8. The number of fused-ring (bicyclic) bond motifs is 1. The summed E-state index contributed by atoms with van der Waals surface area (Å²) >= 11 is 0. The average molecular weight is 505 g/mol. The van der Waals surface area contributed by atoms with Crippen LogP contribution in [0.5, 0.6) is 0 Å². The first-order valence-electron chi connectivity index (χ1n) is 10.9. The molecule has 2 aromatic rings. The predicted octanol–water partition coefficient (Wildman–Crippen LogP) is -2.05. The maximum absolute atomic E-state index is 12.5. The molecular weight excluding hydrogens is 476 g/mol. The van der Waals surface area contributed by atoms with Crippen molar-refractivity contribution in [1.29, 1.82) is 0 Å². The molecule has 1 aromatic heterocycles. The largest absolute Gasteiger partial charge is 0.481 e. The van der Waals surface area contributed by atoms with E-state index in [1.54, 1.807) is 12.3 Å². The SMILES string of the molecule is NC(=O)CC(N)C(=O)NC(CCC(=O)O)C(=O)NCC(=O)NC(Cc1c[nH]c2ccccc12)C(=O)O. The fourth-order valence-electron chi connectivity index (χ4n) is 3.38. The molecule has 1 heterocycles. The van der Waals surface area contributed by atoms with Gasteiger partial charge >= 0.3 is 11.9 Å². The highest BCUT2D eigenvalue weighted by Crippen LogP contribution is 2.19. The summed E-state index contributed by atoms with van der Waals surface area (Å²) in [5.74, 6) is -5.98. The summed E-state index contributed by atoms with van der Waals surface area (Å²) in [5, 5.41) is 26.0. The fourth-order valence-corrected chi connectivity index (χ4v) is 3.38. The van der Waals surface area contributed by atoms with E-state index in [0.29, 0.717) is 5.56 Å². The highest BCUT2D eigenvalue weighted by Gasteiger charge is 2.27.